The molecule has 0 aromatic heterocycles. The van der Waals surface area contributed by atoms with Crippen LogP contribution in [0, 0.1) is 0 Å². The van der Waals surface area contributed by atoms with Gasteiger partial charge in [0.05, 0.1) is 13.2 Å². The smallest absolute Gasteiger partial charge is 0.0823 e. The van der Waals surface area contributed by atoms with Gasteiger partial charge in [-0.05, 0) is 19.8 Å². The summed E-state index contributed by atoms with van der Waals surface area (Å²) in [6.45, 7) is 6.93. The van der Waals surface area contributed by atoms with Crippen LogP contribution in [-0.4, -0.2) is 19.8 Å². The molecule has 2 nitrogen and oxygen atoms in total. The van der Waals surface area contributed by atoms with Crippen LogP contribution in [-0.2, 0) is 9.84 Å². The second-order valence-corrected chi connectivity index (χ2v) is 2.42. The molecule has 2 heteroatoms. The fourth-order valence-electron chi connectivity index (χ4n) is 0.553. The normalized spacial score (nSPS) is 9.80. The first-order valence-electron chi connectivity index (χ1n) is 3.57. The van der Waals surface area contributed by atoms with Gasteiger partial charge in [0.15, 0.2) is 0 Å². The highest BCUT2D eigenvalue weighted by atomic mass is 16.5. The molecule has 0 N–H and O–H groups in total. The van der Waals surface area contributed by atoms with Gasteiger partial charge < -0.3 is 4.74 Å². The zero-order valence-electron chi connectivity index (χ0n) is 6.56. The lowest BCUT2D eigenvalue weighted by Gasteiger charge is -2.00. The zero-order chi connectivity index (χ0) is 7.82. The summed E-state index contributed by atoms with van der Waals surface area (Å²) >= 11 is 0. The highest BCUT2D eigenvalue weighted by molar-refractivity contribution is 4.87. The van der Waals surface area contributed by atoms with E-state index in [0.29, 0.717) is 13.2 Å². The van der Waals surface area contributed by atoms with Crippen molar-refractivity contribution in [2.75, 3.05) is 19.8 Å². The van der Waals surface area contributed by atoms with E-state index in [9.17, 15) is 5.11 Å². The molecule has 0 atom stereocenters. The molecule has 0 heterocycles. The minimum atomic E-state index is 0.0103. The molecule has 0 bridgehead atoms. The maximum absolute atomic E-state index is 9.95. The second kappa shape index (κ2) is 6.78. The molecule has 10 heavy (non-hydrogen) atoms. The fourth-order valence-corrected chi connectivity index (χ4v) is 0.553. The van der Waals surface area contributed by atoms with E-state index in [-0.39, 0.29) is 6.61 Å². The molecule has 0 unspecified atom stereocenters. The molecule has 59 valence electrons. The molecule has 0 spiro atoms. The van der Waals surface area contributed by atoms with Crippen molar-refractivity contribution in [2.24, 2.45) is 0 Å². The Morgan fingerprint density at radius 3 is 2.70 bits per heavy atom. The van der Waals surface area contributed by atoms with E-state index in [1.165, 1.54) is 0 Å². The number of unbranched alkanes of at least 4 members (excludes halogenated alkanes) is 1. The molecule has 0 amide bonds. The van der Waals surface area contributed by atoms with Crippen LogP contribution in [0.1, 0.15) is 19.8 Å². The Balaban J connectivity index is 2.84. The third-order valence-electron chi connectivity index (χ3n) is 1.03. The fraction of sp³-hybridized carbons (Fsp3) is 0.750. The summed E-state index contributed by atoms with van der Waals surface area (Å²) in [5, 5.41) is 9.95. The lowest BCUT2D eigenvalue weighted by molar-refractivity contribution is 0.132. The SMILES string of the molecule is C=C(C)COCCCC[O]. The van der Waals surface area contributed by atoms with Crippen LogP contribution in [0.15, 0.2) is 12.2 Å². The zero-order valence-corrected chi connectivity index (χ0v) is 6.56. The van der Waals surface area contributed by atoms with Gasteiger partial charge in [0.1, 0.15) is 0 Å². The Labute approximate surface area is 62.5 Å². The number of hydrogen-bond acceptors (Lipinski definition) is 1. The highest BCUT2D eigenvalue weighted by Crippen LogP contribution is 1.92. The summed E-state index contributed by atoms with van der Waals surface area (Å²) in [6.07, 6.45) is 1.59. The molecule has 0 aromatic carbocycles. The molecule has 0 aromatic rings. The van der Waals surface area contributed by atoms with Gasteiger partial charge in [-0.2, -0.15) is 0 Å². The van der Waals surface area contributed by atoms with Crippen molar-refractivity contribution >= 4 is 0 Å². The topological polar surface area (TPSA) is 29.1 Å². The van der Waals surface area contributed by atoms with E-state index in [0.717, 1.165) is 18.4 Å². The molecule has 0 aliphatic heterocycles. The van der Waals surface area contributed by atoms with Gasteiger partial charge in [-0.25, -0.2) is 5.11 Å². The lowest BCUT2D eigenvalue weighted by Crippen LogP contribution is -1.97. The number of rotatable bonds is 6. The summed E-state index contributed by atoms with van der Waals surface area (Å²) in [5.41, 5.74) is 1.03. The molecular formula is C8H15O2. The highest BCUT2D eigenvalue weighted by Gasteiger charge is 1.88. The maximum atomic E-state index is 9.95. The standard InChI is InChI=1S/C8H15O2/c1-8(2)7-10-6-4-3-5-9/h1,3-7H2,2H3. The average Bonchev–Trinajstić information content (AvgIpc) is 1.87. The predicted molar refractivity (Wildman–Crippen MR) is 40.4 cm³/mol. The molecule has 0 saturated carbocycles. The van der Waals surface area contributed by atoms with Gasteiger partial charge in [0.2, 0.25) is 0 Å². The summed E-state index contributed by atoms with van der Waals surface area (Å²) < 4.78 is 5.16. The van der Waals surface area contributed by atoms with Crippen LogP contribution in [0.25, 0.3) is 0 Å². The van der Waals surface area contributed by atoms with Gasteiger partial charge in [0, 0.05) is 6.61 Å². The first kappa shape index (κ1) is 9.66. The average molecular weight is 143 g/mol. The van der Waals surface area contributed by atoms with Crippen LogP contribution < -0.4 is 0 Å². The van der Waals surface area contributed by atoms with E-state index in [2.05, 4.69) is 6.58 Å². The van der Waals surface area contributed by atoms with Crippen molar-refractivity contribution in [1.82, 2.24) is 0 Å². The van der Waals surface area contributed by atoms with E-state index in [4.69, 9.17) is 4.74 Å². The van der Waals surface area contributed by atoms with Crippen molar-refractivity contribution in [3.05, 3.63) is 12.2 Å². The second-order valence-electron chi connectivity index (χ2n) is 2.42. The Morgan fingerprint density at radius 2 is 2.20 bits per heavy atom. The first-order valence-corrected chi connectivity index (χ1v) is 3.57. The van der Waals surface area contributed by atoms with E-state index < -0.39 is 0 Å². The predicted octanol–water partition coefficient (Wildman–Crippen LogP) is 1.79. The van der Waals surface area contributed by atoms with Crippen molar-refractivity contribution in [2.45, 2.75) is 19.8 Å². The van der Waals surface area contributed by atoms with Crippen molar-refractivity contribution in [3.63, 3.8) is 0 Å². The Morgan fingerprint density at radius 1 is 1.50 bits per heavy atom. The number of hydrogen-bond donors (Lipinski definition) is 0. The van der Waals surface area contributed by atoms with Gasteiger partial charge in [-0.15, -0.1) is 0 Å². The van der Waals surface area contributed by atoms with Gasteiger partial charge >= 0.3 is 0 Å². The van der Waals surface area contributed by atoms with Crippen molar-refractivity contribution < 1.29 is 9.84 Å². The van der Waals surface area contributed by atoms with Crippen molar-refractivity contribution in [1.29, 1.82) is 0 Å². The lowest BCUT2D eigenvalue weighted by atomic mass is 10.3. The molecule has 0 aliphatic carbocycles. The monoisotopic (exact) mass is 143 g/mol. The Kier molecular flexibility index (Phi) is 6.55. The van der Waals surface area contributed by atoms with E-state index in [1.807, 2.05) is 6.92 Å². The third kappa shape index (κ3) is 7.66. The van der Waals surface area contributed by atoms with Crippen LogP contribution >= 0.6 is 0 Å². The van der Waals surface area contributed by atoms with Gasteiger partial charge in [0.25, 0.3) is 0 Å². The molecule has 1 radical (unpaired) electrons. The van der Waals surface area contributed by atoms with Gasteiger partial charge in [-0.3, -0.25) is 0 Å². The maximum Gasteiger partial charge on any atom is 0.0823 e. The minimum Gasteiger partial charge on any atom is -0.377 e. The largest absolute Gasteiger partial charge is 0.377 e. The first-order chi connectivity index (χ1) is 4.77. The van der Waals surface area contributed by atoms with E-state index >= 15 is 0 Å². The third-order valence-corrected chi connectivity index (χ3v) is 1.03. The summed E-state index contributed by atoms with van der Waals surface area (Å²) in [5.74, 6) is 0. The van der Waals surface area contributed by atoms with Gasteiger partial charge in [-0.1, -0.05) is 12.2 Å². The summed E-state index contributed by atoms with van der Waals surface area (Å²) in [4.78, 5) is 0. The van der Waals surface area contributed by atoms with E-state index in [1.54, 1.807) is 0 Å². The van der Waals surface area contributed by atoms with Crippen LogP contribution in [0.3, 0.4) is 0 Å². The van der Waals surface area contributed by atoms with Crippen LogP contribution in [0.2, 0.25) is 0 Å². The molecule has 0 fully saturated rings. The molecule has 0 aliphatic rings. The Hall–Kier alpha value is -0.340. The molecule has 0 saturated heterocycles. The quantitative estimate of drug-likeness (QED) is 0.411. The van der Waals surface area contributed by atoms with Crippen LogP contribution in [0.5, 0.6) is 0 Å². The molecule has 0 rings (SSSR count). The summed E-state index contributed by atoms with van der Waals surface area (Å²) in [7, 11) is 0. The summed E-state index contributed by atoms with van der Waals surface area (Å²) in [6, 6.07) is 0. The van der Waals surface area contributed by atoms with Crippen LogP contribution in [0.4, 0.5) is 0 Å². The number of ether oxygens (including phenoxy) is 1. The van der Waals surface area contributed by atoms with Crippen molar-refractivity contribution in [3.8, 4) is 0 Å². The minimum absolute atomic E-state index is 0.0103. The molecular weight excluding hydrogens is 128 g/mol. The Bertz CT molecular complexity index is 89.3.